The molecule has 0 saturated carbocycles. The summed E-state index contributed by atoms with van der Waals surface area (Å²) in [5, 5.41) is 2.98. The van der Waals surface area contributed by atoms with Gasteiger partial charge in [0.15, 0.2) is 21.3 Å². The second-order valence-electron chi connectivity index (χ2n) is 7.89. The Morgan fingerprint density at radius 2 is 2.03 bits per heavy atom. The smallest absolute Gasteiger partial charge is 0.250 e. The van der Waals surface area contributed by atoms with E-state index in [0.717, 1.165) is 31.5 Å². The Morgan fingerprint density at radius 3 is 2.79 bits per heavy atom. The zero-order valence-electron chi connectivity index (χ0n) is 16.7. The lowest BCUT2D eigenvalue weighted by Gasteiger charge is -2.35. The number of sulfone groups is 1. The first kappa shape index (κ1) is 20.2. The highest BCUT2D eigenvalue weighted by Gasteiger charge is 2.42. The quantitative estimate of drug-likeness (QED) is 0.779. The molecule has 158 valence electrons. The summed E-state index contributed by atoms with van der Waals surface area (Å²) >= 11 is 0. The molecule has 1 N–H and O–H groups in total. The molecule has 1 aromatic rings. The number of benzene rings is 1. The SMILES string of the molecule is CCOc1cccc2c1OCC(C(=O)N[C@@H]1CS(=O)(=O)C[C@H]1N1CCCCC1)=C2. The highest BCUT2D eigenvalue weighted by molar-refractivity contribution is 7.91. The highest BCUT2D eigenvalue weighted by Crippen LogP contribution is 2.36. The molecule has 0 unspecified atom stereocenters. The normalized spacial score (nSPS) is 26.2. The lowest BCUT2D eigenvalue weighted by molar-refractivity contribution is -0.118. The molecule has 0 aliphatic carbocycles. The van der Waals surface area contributed by atoms with Crippen LogP contribution in [-0.2, 0) is 14.6 Å². The molecule has 7 nitrogen and oxygen atoms in total. The predicted molar refractivity (Wildman–Crippen MR) is 111 cm³/mol. The molecule has 4 rings (SSSR count). The molecule has 0 spiro atoms. The van der Waals surface area contributed by atoms with Gasteiger partial charge in [0.1, 0.15) is 6.61 Å². The second-order valence-corrected chi connectivity index (χ2v) is 10.0. The number of hydrogen-bond acceptors (Lipinski definition) is 6. The van der Waals surface area contributed by atoms with Crippen molar-refractivity contribution in [3.05, 3.63) is 29.3 Å². The average molecular weight is 421 g/mol. The lowest BCUT2D eigenvalue weighted by Crippen LogP contribution is -2.52. The fourth-order valence-electron chi connectivity index (χ4n) is 4.42. The van der Waals surface area contributed by atoms with Gasteiger partial charge < -0.3 is 14.8 Å². The molecule has 0 radical (unpaired) electrons. The predicted octanol–water partition coefficient (Wildman–Crippen LogP) is 1.63. The van der Waals surface area contributed by atoms with E-state index in [-0.39, 0.29) is 36.1 Å². The molecule has 8 heteroatoms. The Labute approximate surface area is 172 Å². The zero-order chi connectivity index (χ0) is 20.4. The van der Waals surface area contributed by atoms with Crippen molar-refractivity contribution in [2.24, 2.45) is 0 Å². The van der Waals surface area contributed by atoms with Crippen molar-refractivity contribution in [2.75, 3.05) is 37.8 Å². The molecule has 2 atom stereocenters. The molecule has 3 heterocycles. The van der Waals surface area contributed by atoms with Crippen molar-refractivity contribution in [3.8, 4) is 11.5 Å². The van der Waals surface area contributed by atoms with E-state index in [9.17, 15) is 13.2 Å². The third kappa shape index (κ3) is 4.43. The summed E-state index contributed by atoms with van der Waals surface area (Å²) in [5.74, 6) is 1.16. The van der Waals surface area contributed by atoms with Gasteiger partial charge in [-0.05, 0) is 45.0 Å². The van der Waals surface area contributed by atoms with Crippen LogP contribution in [0.2, 0.25) is 0 Å². The molecule has 3 aliphatic rings. The molecule has 0 aromatic heterocycles. The van der Waals surface area contributed by atoms with Gasteiger partial charge in [0.25, 0.3) is 5.91 Å². The van der Waals surface area contributed by atoms with Crippen LogP contribution in [0.3, 0.4) is 0 Å². The van der Waals surface area contributed by atoms with Crippen LogP contribution in [0.1, 0.15) is 31.7 Å². The largest absolute Gasteiger partial charge is 0.490 e. The van der Waals surface area contributed by atoms with Gasteiger partial charge in [-0.1, -0.05) is 18.6 Å². The second kappa shape index (κ2) is 8.36. The number of fused-ring (bicyclic) bond motifs is 1. The van der Waals surface area contributed by atoms with Gasteiger partial charge in [0, 0.05) is 11.6 Å². The molecule has 29 heavy (non-hydrogen) atoms. The van der Waals surface area contributed by atoms with Crippen LogP contribution >= 0.6 is 0 Å². The van der Waals surface area contributed by atoms with Crippen LogP contribution in [0.15, 0.2) is 23.8 Å². The lowest BCUT2D eigenvalue weighted by atomic mass is 10.0. The Kier molecular flexibility index (Phi) is 5.83. The van der Waals surface area contributed by atoms with Crippen molar-refractivity contribution >= 4 is 21.8 Å². The summed E-state index contributed by atoms with van der Waals surface area (Å²) in [4.78, 5) is 15.1. The topological polar surface area (TPSA) is 84.9 Å². The van der Waals surface area contributed by atoms with Gasteiger partial charge in [-0.15, -0.1) is 0 Å². The van der Waals surface area contributed by atoms with E-state index < -0.39 is 9.84 Å². The molecular formula is C21H28N2O5S. The van der Waals surface area contributed by atoms with Crippen molar-refractivity contribution < 1.29 is 22.7 Å². The Hall–Kier alpha value is -2.06. The van der Waals surface area contributed by atoms with Crippen molar-refractivity contribution in [1.82, 2.24) is 10.2 Å². The van der Waals surface area contributed by atoms with Gasteiger partial charge >= 0.3 is 0 Å². The number of ether oxygens (including phenoxy) is 2. The van der Waals surface area contributed by atoms with Gasteiger partial charge in [0.05, 0.1) is 29.7 Å². The van der Waals surface area contributed by atoms with Crippen molar-refractivity contribution in [1.29, 1.82) is 0 Å². The van der Waals surface area contributed by atoms with Crippen LogP contribution in [0.25, 0.3) is 6.08 Å². The minimum atomic E-state index is -3.15. The minimum absolute atomic E-state index is 0.000874. The summed E-state index contributed by atoms with van der Waals surface area (Å²) in [5.41, 5.74) is 1.28. The van der Waals surface area contributed by atoms with Crippen LogP contribution in [0.4, 0.5) is 0 Å². The standard InChI is InChI=1S/C21H28N2O5S/c1-2-27-19-8-6-7-15-11-16(12-28-20(15)19)21(24)22-17-13-29(25,26)14-18(17)23-9-4-3-5-10-23/h6-8,11,17-18H,2-5,9-10,12-14H2,1H3,(H,22,24)/t17-,18-/m1/s1. The molecule has 2 saturated heterocycles. The maximum Gasteiger partial charge on any atom is 0.250 e. The monoisotopic (exact) mass is 420 g/mol. The molecule has 1 aromatic carbocycles. The first-order valence-electron chi connectivity index (χ1n) is 10.3. The number of para-hydroxylation sites is 1. The van der Waals surface area contributed by atoms with E-state index in [0.29, 0.717) is 23.7 Å². The zero-order valence-corrected chi connectivity index (χ0v) is 17.5. The Balaban J connectivity index is 1.50. The van der Waals surface area contributed by atoms with E-state index in [1.165, 1.54) is 6.42 Å². The summed E-state index contributed by atoms with van der Waals surface area (Å²) in [6, 6.07) is 5.05. The number of carbonyl (C=O) groups excluding carboxylic acids is 1. The van der Waals surface area contributed by atoms with Gasteiger partial charge in [-0.25, -0.2) is 8.42 Å². The fourth-order valence-corrected chi connectivity index (χ4v) is 6.37. The highest BCUT2D eigenvalue weighted by atomic mass is 32.2. The summed E-state index contributed by atoms with van der Waals surface area (Å²) in [7, 11) is -3.15. The van der Waals surface area contributed by atoms with Gasteiger partial charge in [-0.2, -0.15) is 0 Å². The first-order chi connectivity index (χ1) is 14.0. The van der Waals surface area contributed by atoms with Crippen molar-refractivity contribution in [3.63, 3.8) is 0 Å². The molecule has 3 aliphatic heterocycles. The summed E-state index contributed by atoms with van der Waals surface area (Å²) in [6.45, 7) is 4.37. The number of piperidine rings is 1. The van der Waals surface area contributed by atoms with E-state index in [1.807, 2.05) is 25.1 Å². The number of amides is 1. The molecule has 1 amide bonds. The van der Waals surface area contributed by atoms with E-state index in [2.05, 4.69) is 10.2 Å². The van der Waals surface area contributed by atoms with Crippen LogP contribution in [-0.4, -0.2) is 69.1 Å². The molecule has 2 fully saturated rings. The van der Waals surface area contributed by atoms with Crippen molar-refractivity contribution in [2.45, 2.75) is 38.3 Å². The maximum absolute atomic E-state index is 12.9. The average Bonchev–Trinajstić information content (AvgIpc) is 3.02. The van der Waals surface area contributed by atoms with Gasteiger partial charge in [0.2, 0.25) is 0 Å². The summed E-state index contributed by atoms with van der Waals surface area (Å²) < 4.78 is 36.0. The van der Waals surface area contributed by atoms with Crippen LogP contribution < -0.4 is 14.8 Å². The van der Waals surface area contributed by atoms with E-state index in [1.54, 1.807) is 6.08 Å². The van der Waals surface area contributed by atoms with Crippen LogP contribution in [0, 0.1) is 0 Å². The minimum Gasteiger partial charge on any atom is -0.490 e. The van der Waals surface area contributed by atoms with Crippen LogP contribution in [0.5, 0.6) is 11.5 Å². The van der Waals surface area contributed by atoms with E-state index in [4.69, 9.17) is 9.47 Å². The maximum atomic E-state index is 12.9. The third-order valence-electron chi connectivity index (χ3n) is 5.80. The first-order valence-corrected chi connectivity index (χ1v) is 12.1. The number of likely N-dealkylation sites (tertiary alicyclic amines) is 1. The van der Waals surface area contributed by atoms with E-state index >= 15 is 0 Å². The third-order valence-corrected chi connectivity index (χ3v) is 7.52. The number of nitrogens with zero attached hydrogens (tertiary/aromatic N) is 1. The Morgan fingerprint density at radius 1 is 1.24 bits per heavy atom. The van der Waals surface area contributed by atoms with Gasteiger partial charge in [-0.3, -0.25) is 9.69 Å². The molecule has 0 bridgehead atoms. The number of hydrogen-bond donors (Lipinski definition) is 1. The fraction of sp³-hybridized carbons (Fsp3) is 0.571. The summed E-state index contributed by atoms with van der Waals surface area (Å²) in [6.07, 6.45) is 5.14. The molecular weight excluding hydrogens is 392 g/mol. The number of carbonyl (C=O) groups is 1. The number of rotatable bonds is 5. The Bertz CT molecular complexity index is 906. The number of nitrogens with one attached hydrogen (secondary N) is 1.